The van der Waals surface area contributed by atoms with Crippen molar-refractivity contribution in [2.75, 3.05) is 13.1 Å². The lowest BCUT2D eigenvalue weighted by Crippen LogP contribution is -2.43. The predicted octanol–water partition coefficient (Wildman–Crippen LogP) is 0.507. The van der Waals surface area contributed by atoms with Crippen LogP contribution < -0.4 is 16.4 Å². The first kappa shape index (κ1) is 16.2. The zero-order chi connectivity index (χ0) is 15.0. The summed E-state index contributed by atoms with van der Waals surface area (Å²) in [6.45, 7) is 4.22. The molecule has 110 valence electrons. The highest BCUT2D eigenvalue weighted by atomic mass is 16.2. The maximum absolute atomic E-state index is 11.6. The molecule has 2 amide bonds. The Balaban J connectivity index is 2.23. The molecule has 0 heterocycles. The Morgan fingerprint density at radius 2 is 1.85 bits per heavy atom. The second-order valence-corrected chi connectivity index (χ2v) is 4.97. The number of nitrogens with two attached hydrogens (primary N) is 1. The van der Waals surface area contributed by atoms with Crippen LogP contribution in [-0.4, -0.2) is 30.9 Å². The predicted molar refractivity (Wildman–Crippen MR) is 79.2 cm³/mol. The van der Waals surface area contributed by atoms with Gasteiger partial charge in [-0.15, -0.1) is 0 Å². The van der Waals surface area contributed by atoms with Crippen molar-refractivity contribution in [3.63, 3.8) is 0 Å². The Morgan fingerprint density at radius 1 is 1.20 bits per heavy atom. The molecule has 0 radical (unpaired) electrons. The summed E-state index contributed by atoms with van der Waals surface area (Å²) >= 11 is 0. The van der Waals surface area contributed by atoms with Crippen LogP contribution in [0.1, 0.15) is 24.5 Å². The molecule has 5 heteroatoms. The summed E-state index contributed by atoms with van der Waals surface area (Å²) in [6.07, 6.45) is 1.05. The second kappa shape index (κ2) is 8.32. The van der Waals surface area contributed by atoms with Crippen molar-refractivity contribution < 1.29 is 9.59 Å². The summed E-state index contributed by atoms with van der Waals surface area (Å²) in [5.41, 5.74) is 7.71. The number of benzene rings is 1. The van der Waals surface area contributed by atoms with E-state index in [0.717, 1.165) is 5.56 Å². The Labute approximate surface area is 119 Å². The minimum Gasteiger partial charge on any atom is -0.351 e. The zero-order valence-electron chi connectivity index (χ0n) is 12.1. The van der Waals surface area contributed by atoms with Gasteiger partial charge in [-0.1, -0.05) is 29.8 Å². The van der Waals surface area contributed by atoms with Crippen LogP contribution in [0.2, 0.25) is 0 Å². The van der Waals surface area contributed by atoms with Gasteiger partial charge in [-0.25, -0.2) is 0 Å². The Hall–Kier alpha value is -1.88. The molecule has 0 fully saturated rings. The Kier molecular flexibility index (Phi) is 6.73. The number of hydrogen-bond acceptors (Lipinski definition) is 3. The highest BCUT2D eigenvalue weighted by Gasteiger charge is 2.08. The van der Waals surface area contributed by atoms with Gasteiger partial charge in [-0.2, -0.15) is 0 Å². The SMILES string of the molecule is Cc1ccc(CCC(=O)NCC(=O)N[C@@H](C)CN)cc1. The van der Waals surface area contributed by atoms with Gasteiger partial charge in [0, 0.05) is 19.0 Å². The van der Waals surface area contributed by atoms with E-state index in [4.69, 9.17) is 5.73 Å². The van der Waals surface area contributed by atoms with E-state index in [0.29, 0.717) is 19.4 Å². The molecule has 0 aromatic heterocycles. The molecule has 1 atom stereocenters. The first-order valence-electron chi connectivity index (χ1n) is 6.83. The van der Waals surface area contributed by atoms with E-state index in [2.05, 4.69) is 10.6 Å². The Morgan fingerprint density at radius 3 is 2.45 bits per heavy atom. The van der Waals surface area contributed by atoms with Crippen molar-refractivity contribution in [3.05, 3.63) is 35.4 Å². The molecule has 20 heavy (non-hydrogen) atoms. The number of aryl methyl sites for hydroxylation is 2. The van der Waals surface area contributed by atoms with Crippen molar-refractivity contribution in [3.8, 4) is 0 Å². The lowest BCUT2D eigenvalue weighted by atomic mass is 10.1. The standard InChI is InChI=1S/C15H23N3O2/c1-11-3-5-13(6-4-11)7-8-14(19)17-10-15(20)18-12(2)9-16/h3-6,12H,7-10,16H2,1-2H3,(H,17,19)(H,18,20)/t12-/m0/s1. The van der Waals surface area contributed by atoms with E-state index < -0.39 is 0 Å². The number of nitrogens with one attached hydrogen (secondary N) is 2. The summed E-state index contributed by atoms with van der Waals surface area (Å²) in [7, 11) is 0. The molecule has 1 aromatic rings. The molecule has 0 aliphatic heterocycles. The third-order valence-corrected chi connectivity index (χ3v) is 2.97. The zero-order valence-corrected chi connectivity index (χ0v) is 12.1. The molecule has 0 saturated carbocycles. The molecule has 0 unspecified atom stereocenters. The summed E-state index contributed by atoms with van der Waals surface area (Å²) < 4.78 is 0. The van der Waals surface area contributed by atoms with E-state index in [-0.39, 0.29) is 24.4 Å². The minimum atomic E-state index is -0.216. The topological polar surface area (TPSA) is 84.2 Å². The van der Waals surface area contributed by atoms with Crippen molar-refractivity contribution in [2.24, 2.45) is 5.73 Å². The van der Waals surface area contributed by atoms with E-state index in [9.17, 15) is 9.59 Å². The quantitative estimate of drug-likeness (QED) is 0.679. The highest BCUT2D eigenvalue weighted by molar-refractivity contribution is 5.84. The van der Waals surface area contributed by atoms with Crippen molar-refractivity contribution >= 4 is 11.8 Å². The third-order valence-electron chi connectivity index (χ3n) is 2.97. The number of hydrogen-bond donors (Lipinski definition) is 3. The normalized spacial score (nSPS) is 11.8. The first-order chi connectivity index (χ1) is 9.51. The third kappa shape index (κ3) is 6.33. The van der Waals surface area contributed by atoms with Crippen molar-refractivity contribution in [1.29, 1.82) is 0 Å². The molecule has 0 bridgehead atoms. The fourth-order valence-electron chi connectivity index (χ4n) is 1.66. The van der Waals surface area contributed by atoms with E-state index >= 15 is 0 Å². The Bertz CT molecular complexity index is 443. The van der Waals surface area contributed by atoms with Crippen molar-refractivity contribution in [2.45, 2.75) is 32.7 Å². The van der Waals surface area contributed by atoms with Crippen LogP contribution in [0.15, 0.2) is 24.3 Å². The summed E-state index contributed by atoms with van der Waals surface area (Å²) in [5.74, 6) is -0.340. The van der Waals surface area contributed by atoms with Crippen LogP contribution >= 0.6 is 0 Å². The van der Waals surface area contributed by atoms with Gasteiger partial charge in [0.1, 0.15) is 0 Å². The first-order valence-corrected chi connectivity index (χ1v) is 6.83. The largest absolute Gasteiger partial charge is 0.351 e. The second-order valence-electron chi connectivity index (χ2n) is 4.97. The summed E-state index contributed by atoms with van der Waals surface area (Å²) in [6, 6.07) is 7.99. The summed E-state index contributed by atoms with van der Waals surface area (Å²) in [5, 5.41) is 5.29. The fourth-order valence-corrected chi connectivity index (χ4v) is 1.66. The molecule has 5 nitrogen and oxygen atoms in total. The van der Waals surface area contributed by atoms with E-state index in [1.807, 2.05) is 38.1 Å². The molecule has 0 aliphatic rings. The monoisotopic (exact) mass is 277 g/mol. The highest BCUT2D eigenvalue weighted by Crippen LogP contribution is 2.05. The summed E-state index contributed by atoms with van der Waals surface area (Å²) in [4.78, 5) is 23.1. The number of carbonyl (C=O) groups excluding carboxylic acids is 2. The fraction of sp³-hybridized carbons (Fsp3) is 0.467. The van der Waals surface area contributed by atoms with Gasteiger partial charge in [-0.05, 0) is 25.8 Å². The average Bonchev–Trinajstić information content (AvgIpc) is 2.44. The van der Waals surface area contributed by atoms with Gasteiger partial charge >= 0.3 is 0 Å². The maximum Gasteiger partial charge on any atom is 0.239 e. The maximum atomic E-state index is 11.6. The van der Waals surface area contributed by atoms with Crippen LogP contribution in [0.5, 0.6) is 0 Å². The molecule has 1 rings (SSSR count). The molecule has 1 aromatic carbocycles. The number of carbonyl (C=O) groups is 2. The smallest absolute Gasteiger partial charge is 0.239 e. The molecule has 0 aliphatic carbocycles. The van der Waals surface area contributed by atoms with Gasteiger partial charge in [0.15, 0.2) is 0 Å². The van der Waals surface area contributed by atoms with Crippen LogP contribution in [0.25, 0.3) is 0 Å². The van der Waals surface area contributed by atoms with Crippen LogP contribution in [0.4, 0.5) is 0 Å². The van der Waals surface area contributed by atoms with Gasteiger partial charge in [0.05, 0.1) is 6.54 Å². The lowest BCUT2D eigenvalue weighted by molar-refractivity contribution is -0.126. The molecule has 0 spiro atoms. The lowest BCUT2D eigenvalue weighted by Gasteiger charge is -2.11. The molecular formula is C15H23N3O2. The van der Waals surface area contributed by atoms with Crippen LogP contribution in [0.3, 0.4) is 0 Å². The minimum absolute atomic E-state index is 0.00291. The molecular weight excluding hydrogens is 254 g/mol. The van der Waals surface area contributed by atoms with Crippen molar-refractivity contribution in [1.82, 2.24) is 10.6 Å². The van der Waals surface area contributed by atoms with Crippen LogP contribution in [-0.2, 0) is 16.0 Å². The van der Waals surface area contributed by atoms with Gasteiger partial charge in [-0.3, -0.25) is 9.59 Å². The van der Waals surface area contributed by atoms with Gasteiger partial charge < -0.3 is 16.4 Å². The van der Waals surface area contributed by atoms with E-state index in [1.54, 1.807) is 0 Å². The average molecular weight is 277 g/mol. The molecule has 4 N–H and O–H groups in total. The molecule has 0 saturated heterocycles. The van der Waals surface area contributed by atoms with Gasteiger partial charge in [0.25, 0.3) is 0 Å². The van der Waals surface area contributed by atoms with Gasteiger partial charge in [0.2, 0.25) is 11.8 Å². The number of rotatable bonds is 7. The van der Waals surface area contributed by atoms with Crippen LogP contribution in [0, 0.1) is 6.92 Å². The van der Waals surface area contributed by atoms with E-state index in [1.165, 1.54) is 5.56 Å². The number of amides is 2.